The van der Waals surface area contributed by atoms with Gasteiger partial charge in [0.2, 0.25) is 0 Å². The third-order valence-corrected chi connectivity index (χ3v) is 10.0. The summed E-state index contributed by atoms with van der Waals surface area (Å²) in [4.78, 5) is 27.7. The average molecular weight is 688 g/mol. The van der Waals surface area contributed by atoms with E-state index in [0.717, 1.165) is 16.5 Å². The minimum atomic E-state index is -5.08. The number of amides is 1. The number of para-hydroxylation sites is 1. The Morgan fingerprint density at radius 2 is 1.62 bits per heavy atom. The van der Waals surface area contributed by atoms with E-state index in [1.54, 1.807) is 13.1 Å². The van der Waals surface area contributed by atoms with Crippen molar-refractivity contribution < 1.29 is 44.4 Å². The number of carbonyl (C=O) groups is 1. The highest BCUT2D eigenvalue weighted by Crippen LogP contribution is 2.37. The van der Waals surface area contributed by atoms with Gasteiger partial charge in [0, 0.05) is 74.5 Å². The van der Waals surface area contributed by atoms with Gasteiger partial charge < -0.3 is 14.7 Å². The third kappa shape index (κ3) is 8.84. The molecule has 1 aromatic heterocycles. The van der Waals surface area contributed by atoms with Gasteiger partial charge in [-0.1, -0.05) is 23.4 Å². The number of hydrogen-bond acceptors (Lipinski definition) is 7. The zero-order valence-corrected chi connectivity index (χ0v) is 26.4. The fourth-order valence-electron chi connectivity index (χ4n) is 5.96. The van der Waals surface area contributed by atoms with Crippen molar-refractivity contribution in [3.63, 3.8) is 0 Å². The van der Waals surface area contributed by atoms with Gasteiger partial charge in [-0.3, -0.25) is 14.6 Å². The highest BCUT2D eigenvalue weighted by atomic mass is 32.2. The largest absolute Gasteiger partial charge is 0.416 e. The Morgan fingerprint density at radius 3 is 2.28 bits per heavy atom. The molecule has 0 aliphatic carbocycles. The SMILES string of the molecule is C/C(CN1CCN(C(=O)c2cc(C(F)(F)F)cc(C(F)(F)F)c2)C(Cc2c[nH]c3ccccc23)C1)=N\OCCN1CCS(=O)(=O)CC1. The molecule has 1 N–H and O–H groups in total. The molecule has 0 saturated carbocycles. The minimum Gasteiger partial charge on any atom is -0.394 e. The number of sulfone groups is 1. The van der Waals surface area contributed by atoms with E-state index >= 15 is 0 Å². The van der Waals surface area contributed by atoms with Crippen LogP contribution in [0.25, 0.3) is 10.9 Å². The maximum Gasteiger partial charge on any atom is 0.416 e. The lowest BCUT2D eigenvalue weighted by Gasteiger charge is -2.41. The monoisotopic (exact) mass is 687 g/mol. The van der Waals surface area contributed by atoms with E-state index in [0.29, 0.717) is 57.0 Å². The Bertz CT molecular complexity index is 1680. The molecule has 2 aliphatic heterocycles. The topological polar surface area (TPSA) is 98.3 Å². The highest BCUT2D eigenvalue weighted by Gasteiger charge is 2.39. The number of hydrogen-bond donors (Lipinski definition) is 1. The summed E-state index contributed by atoms with van der Waals surface area (Å²) < 4.78 is 105. The summed E-state index contributed by atoms with van der Waals surface area (Å²) in [7, 11) is -2.98. The number of aromatic amines is 1. The van der Waals surface area contributed by atoms with Gasteiger partial charge in [-0.25, -0.2) is 8.42 Å². The fraction of sp³-hybridized carbons (Fsp3) is 0.484. The molecule has 2 fully saturated rings. The van der Waals surface area contributed by atoms with E-state index < -0.39 is 50.8 Å². The molecule has 47 heavy (non-hydrogen) atoms. The molecule has 0 bridgehead atoms. The first-order valence-electron chi connectivity index (χ1n) is 15.0. The van der Waals surface area contributed by atoms with Crippen molar-refractivity contribution >= 4 is 32.4 Å². The smallest absolute Gasteiger partial charge is 0.394 e. The zero-order valence-electron chi connectivity index (χ0n) is 25.6. The fourth-order valence-corrected chi connectivity index (χ4v) is 7.23. The maximum atomic E-state index is 13.7. The second-order valence-corrected chi connectivity index (χ2v) is 14.2. The van der Waals surface area contributed by atoms with Gasteiger partial charge >= 0.3 is 12.4 Å². The molecular weight excluding hydrogens is 652 g/mol. The third-order valence-electron chi connectivity index (χ3n) is 8.40. The Labute approximate surface area is 268 Å². The van der Waals surface area contributed by atoms with Crippen LogP contribution in [0.2, 0.25) is 0 Å². The van der Waals surface area contributed by atoms with Crippen LogP contribution in [0, 0.1) is 0 Å². The summed E-state index contributed by atoms with van der Waals surface area (Å²) in [6.45, 7) is 4.43. The molecule has 3 aromatic rings. The van der Waals surface area contributed by atoms with Crippen molar-refractivity contribution in [3.8, 4) is 0 Å². The summed E-state index contributed by atoms with van der Waals surface area (Å²) in [5.74, 6) is -0.688. The number of nitrogens with one attached hydrogen (secondary N) is 1. The molecule has 0 spiro atoms. The lowest BCUT2D eigenvalue weighted by Crippen LogP contribution is -2.56. The van der Waals surface area contributed by atoms with Crippen molar-refractivity contribution in [1.82, 2.24) is 19.7 Å². The standard InChI is InChI=1S/C31H35F6N5O4S/c1-21(39-46-11-8-40-9-12-47(44,45)13-10-40)19-41-6-7-42(26(20-41)16-23-18-38-28-5-3-2-4-27(23)28)29(43)22-14-24(30(32,33)34)17-25(15-22)31(35,36)37/h2-5,14-15,17-18,26,38H,6-13,16,19-20H2,1H3/b39-21+. The van der Waals surface area contributed by atoms with E-state index in [9.17, 15) is 39.6 Å². The Kier molecular flexibility index (Phi) is 10.2. The summed E-state index contributed by atoms with van der Waals surface area (Å²) in [6.07, 6.45) is -8.07. The molecule has 256 valence electrons. The van der Waals surface area contributed by atoms with Crippen molar-refractivity contribution in [3.05, 3.63) is 70.9 Å². The number of aromatic nitrogens is 1. The van der Waals surface area contributed by atoms with Crippen molar-refractivity contribution in [2.75, 3.05) is 63.9 Å². The molecular formula is C31H35F6N5O4S. The predicted octanol–water partition coefficient (Wildman–Crippen LogP) is 4.70. The first-order chi connectivity index (χ1) is 22.1. The van der Waals surface area contributed by atoms with E-state index in [2.05, 4.69) is 10.1 Å². The zero-order chi connectivity index (χ0) is 34.0. The second-order valence-electron chi connectivity index (χ2n) is 11.9. The summed E-state index contributed by atoms with van der Waals surface area (Å²) >= 11 is 0. The van der Waals surface area contributed by atoms with E-state index in [1.807, 2.05) is 34.1 Å². The second kappa shape index (κ2) is 13.8. The highest BCUT2D eigenvalue weighted by molar-refractivity contribution is 7.91. The van der Waals surface area contributed by atoms with Gasteiger partial charge in [-0.2, -0.15) is 26.3 Å². The van der Waals surface area contributed by atoms with Gasteiger partial charge in [0.1, 0.15) is 6.61 Å². The van der Waals surface area contributed by atoms with Crippen LogP contribution in [0.15, 0.2) is 53.8 Å². The van der Waals surface area contributed by atoms with Gasteiger partial charge in [0.05, 0.1) is 28.3 Å². The average Bonchev–Trinajstić information content (AvgIpc) is 3.41. The minimum absolute atomic E-state index is 0.0132. The maximum absolute atomic E-state index is 13.7. The summed E-state index contributed by atoms with van der Waals surface area (Å²) in [6, 6.07) is 7.87. The van der Waals surface area contributed by atoms with Crippen LogP contribution < -0.4 is 0 Å². The van der Waals surface area contributed by atoms with E-state index in [-0.39, 0.29) is 37.3 Å². The van der Waals surface area contributed by atoms with Crippen LogP contribution in [0.5, 0.6) is 0 Å². The quantitative estimate of drug-likeness (QED) is 0.152. The van der Waals surface area contributed by atoms with Crippen molar-refractivity contribution in [1.29, 1.82) is 0 Å². The van der Waals surface area contributed by atoms with Crippen LogP contribution in [-0.4, -0.2) is 110 Å². The van der Waals surface area contributed by atoms with Crippen LogP contribution in [0.3, 0.4) is 0 Å². The normalized spacial score (nSPS) is 20.1. The van der Waals surface area contributed by atoms with Gasteiger partial charge in [-0.15, -0.1) is 0 Å². The molecule has 5 rings (SSSR count). The number of benzene rings is 2. The molecule has 2 aromatic carbocycles. The summed E-state index contributed by atoms with van der Waals surface area (Å²) in [5.41, 5.74) is -1.43. The first kappa shape index (κ1) is 34.7. The number of fused-ring (bicyclic) bond motifs is 1. The number of rotatable bonds is 9. The van der Waals surface area contributed by atoms with Crippen LogP contribution >= 0.6 is 0 Å². The lowest BCUT2D eigenvalue weighted by atomic mass is 9.98. The molecule has 1 atom stereocenters. The summed E-state index contributed by atoms with van der Waals surface area (Å²) in [5, 5.41) is 5.07. The van der Waals surface area contributed by atoms with E-state index in [4.69, 9.17) is 4.84 Å². The Hall–Kier alpha value is -3.63. The molecule has 2 aliphatic rings. The molecule has 0 radical (unpaired) electrons. The van der Waals surface area contributed by atoms with Crippen LogP contribution in [0.1, 0.15) is 34.0 Å². The first-order valence-corrected chi connectivity index (χ1v) is 16.9. The number of carbonyl (C=O) groups excluding carboxylic acids is 1. The molecule has 1 amide bonds. The van der Waals surface area contributed by atoms with Crippen molar-refractivity contribution in [2.24, 2.45) is 5.16 Å². The molecule has 1 unspecified atom stereocenters. The van der Waals surface area contributed by atoms with Gasteiger partial charge in [0.15, 0.2) is 9.84 Å². The Morgan fingerprint density at radius 1 is 0.957 bits per heavy atom. The number of halogens is 6. The van der Waals surface area contributed by atoms with E-state index in [1.165, 1.54) is 4.90 Å². The molecule has 3 heterocycles. The number of oxime groups is 1. The number of piperazine rings is 1. The van der Waals surface area contributed by atoms with Crippen LogP contribution in [0.4, 0.5) is 26.3 Å². The lowest BCUT2D eigenvalue weighted by molar-refractivity contribution is -0.143. The predicted molar refractivity (Wildman–Crippen MR) is 164 cm³/mol. The Balaban J connectivity index is 1.31. The number of nitrogens with zero attached hydrogens (tertiary/aromatic N) is 4. The molecule has 16 heteroatoms. The van der Waals surface area contributed by atoms with Crippen molar-refractivity contribution in [2.45, 2.75) is 31.7 Å². The molecule has 2 saturated heterocycles. The number of alkyl halides is 6. The van der Waals surface area contributed by atoms with Crippen LogP contribution in [-0.2, 0) is 33.4 Å². The van der Waals surface area contributed by atoms with Gasteiger partial charge in [-0.05, 0) is 43.2 Å². The molecule has 9 nitrogen and oxygen atoms in total. The van der Waals surface area contributed by atoms with Gasteiger partial charge in [0.25, 0.3) is 5.91 Å². The number of H-pyrrole nitrogens is 1.